The number of carbonyl (C=O) groups is 2. The molecule has 2 fully saturated rings. The second-order valence-corrected chi connectivity index (χ2v) is 5.58. The van der Waals surface area contributed by atoms with Gasteiger partial charge < -0.3 is 15.4 Å². The van der Waals surface area contributed by atoms with Gasteiger partial charge in [-0.25, -0.2) is 4.79 Å². The normalized spacial score (nSPS) is 31.7. The number of hydrogen-bond donors (Lipinski definition) is 0. The van der Waals surface area contributed by atoms with Crippen LogP contribution in [0.5, 0.6) is 0 Å². The number of likely N-dealkylation sites (tertiary alicyclic amines) is 1. The van der Waals surface area contributed by atoms with Gasteiger partial charge in [0.15, 0.2) is 0 Å². The van der Waals surface area contributed by atoms with Crippen molar-refractivity contribution in [3.05, 3.63) is 5.73 Å². The molecule has 2 rings (SSSR count). The summed E-state index contributed by atoms with van der Waals surface area (Å²) in [6, 6.07) is -1.13. The highest BCUT2D eigenvalue weighted by Gasteiger charge is 2.47. The average molecular weight is 267 g/mol. The molecule has 108 valence electrons. The second kappa shape index (κ2) is 5.90. The molecule has 5 heteroatoms. The standard InChI is InChI=1S/C14H23N2O3/c1-3-19-14(18)12-8-10-6-4-5-7-11(10)16(12)13(17)9(2)15/h9-12,15H,3-8H2,1-2H3/q-1/t9-,10+,11+,12+/m0/s1. The number of hydrogen-bond acceptors (Lipinski definition) is 3. The maximum atomic E-state index is 12.2. The van der Waals surface area contributed by atoms with E-state index in [-0.39, 0.29) is 17.9 Å². The summed E-state index contributed by atoms with van der Waals surface area (Å²) in [7, 11) is 0. The van der Waals surface area contributed by atoms with Crippen LogP contribution < -0.4 is 0 Å². The van der Waals surface area contributed by atoms with Crippen LogP contribution in [0.15, 0.2) is 0 Å². The largest absolute Gasteiger partial charge is 0.667 e. The molecule has 0 spiro atoms. The molecular weight excluding hydrogens is 244 g/mol. The van der Waals surface area contributed by atoms with Crippen molar-refractivity contribution in [2.24, 2.45) is 5.92 Å². The number of esters is 1. The third-order valence-corrected chi connectivity index (χ3v) is 4.27. The Labute approximate surface area is 114 Å². The van der Waals surface area contributed by atoms with Crippen molar-refractivity contribution in [2.45, 2.75) is 64.1 Å². The zero-order valence-electron chi connectivity index (χ0n) is 11.7. The van der Waals surface area contributed by atoms with Gasteiger partial charge in [0.2, 0.25) is 5.91 Å². The zero-order valence-corrected chi connectivity index (χ0v) is 11.7. The predicted octanol–water partition coefficient (Wildman–Crippen LogP) is 2.15. The van der Waals surface area contributed by atoms with E-state index in [2.05, 4.69) is 0 Å². The van der Waals surface area contributed by atoms with Crippen molar-refractivity contribution in [1.82, 2.24) is 4.90 Å². The van der Waals surface area contributed by atoms with Gasteiger partial charge in [-0.2, -0.15) is 0 Å². The van der Waals surface area contributed by atoms with Gasteiger partial charge in [-0.3, -0.25) is 4.79 Å². The zero-order chi connectivity index (χ0) is 14.0. The summed E-state index contributed by atoms with van der Waals surface area (Å²) in [5.74, 6) is -0.121. The van der Waals surface area contributed by atoms with Gasteiger partial charge in [-0.05, 0) is 32.1 Å². The van der Waals surface area contributed by atoms with Crippen molar-refractivity contribution in [3.63, 3.8) is 0 Å². The summed E-state index contributed by atoms with van der Waals surface area (Å²) >= 11 is 0. The lowest BCUT2D eigenvalue weighted by molar-refractivity contribution is -0.154. The molecule has 1 N–H and O–H groups in total. The van der Waals surface area contributed by atoms with E-state index < -0.39 is 12.1 Å². The third kappa shape index (κ3) is 2.76. The molecule has 0 radical (unpaired) electrons. The Morgan fingerprint density at radius 2 is 2.05 bits per heavy atom. The lowest BCUT2D eigenvalue weighted by Crippen LogP contribution is -2.49. The van der Waals surface area contributed by atoms with E-state index in [0.29, 0.717) is 18.9 Å². The van der Waals surface area contributed by atoms with Crippen molar-refractivity contribution >= 4 is 11.9 Å². The Morgan fingerprint density at radius 3 is 2.68 bits per heavy atom. The van der Waals surface area contributed by atoms with Crippen LogP contribution in [-0.2, 0) is 14.3 Å². The van der Waals surface area contributed by atoms with Crippen molar-refractivity contribution in [3.8, 4) is 0 Å². The van der Waals surface area contributed by atoms with Gasteiger partial charge in [0, 0.05) is 6.04 Å². The number of amides is 1. The Balaban J connectivity index is 2.20. The van der Waals surface area contributed by atoms with Crippen LogP contribution in [0.25, 0.3) is 5.73 Å². The van der Waals surface area contributed by atoms with E-state index in [1.54, 1.807) is 18.7 Å². The number of nitrogens with zero attached hydrogens (tertiary/aromatic N) is 1. The van der Waals surface area contributed by atoms with Crippen molar-refractivity contribution < 1.29 is 14.3 Å². The molecular formula is C14H23N2O3-. The molecule has 1 aliphatic carbocycles. The molecule has 19 heavy (non-hydrogen) atoms. The number of nitrogens with one attached hydrogen (secondary N) is 1. The molecule has 2 aliphatic rings. The van der Waals surface area contributed by atoms with E-state index in [1.165, 1.54) is 6.42 Å². The van der Waals surface area contributed by atoms with Gasteiger partial charge in [-0.15, -0.1) is 0 Å². The van der Waals surface area contributed by atoms with Crippen LogP contribution in [0, 0.1) is 5.92 Å². The van der Waals surface area contributed by atoms with Crippen molar-refractivity contribution in [2.75, 3.05) is 6.61 Å². The van der Waals surface area contributed by atoms with Gasteiger partial charge in [0.1, 0.15) is 6.04 Å². The van der Waals surface area contributed by atoms with Crippen LogP contribution in [0.3, 0.4) is 0 Å². The minimum atomic E-state index is -0.808. The van der Waals surface area contributed by atoms with Crippen LogP contribution in [0.2, 0.25) is 0 Å². The monoisotopic (exact) mass is 267 g/mol. The van der Waals surface area contributed by atoms with Gasteiger partial charge in [0.05, 0.1) is 6.61 Å². The summed E-state index contributed by atoms with van der Waals surface area (Å²) < 4.78 is 5.10. The first-order chi connectivity index (χ1) is 9.06. The smallest absolute Gasteiger partial charge is 0.328 e. The molecule has 0 aromatic carbocycles. The van der Waals surface area contributed by atoms with Crippen LogP contribution in [0.4, 0.5) is 0 Å². The topological polar surface area (TPSA) is 70.4 Å². The first kappa shape index (κ1) is 14.3. The van der Waals surface area contributed by atoms with Crippen LogP contribution in [0.1, 0.15) is 46.0 Å². The highest BCUT2D eigenvalue weighted by Crippen LogP contribution is 2.40. The van der Waals surface area contributed by atoms with Crippen LogP contribution >= 0.6 is 0 Å². The fourth-order valence-electron chi connectivity index (χ4n) is 3.45. The maximum Gasteiger partial charge on any atom is 0.328 e. The SMILES string of the molecule is CCOC(=O)[C@H]1C[C@H]2CCCC[C@H]2N1C(=O)[C@H](C)[NH-]. The number of rotatable bonds is 3. The molecule has 1 saturated carbocycles. The van der Waals surface area contributed by atoms with Gasteiger partial charge >= 0.3 is 5.97 Å². The quantitative estimate of drug-likeness (QED) is 0.736. The fraction of sp³-hybridized carbons (Fsp3) is 0.857. The molecule has 0 aromatic rings. The third-order valence-electron chi connectivity index (χ3n) is 4.27. The average Bonchev–Trinajstić information content (AvgIpc) is 2.77. The number of fused-ring (bicyclic) bond motifs is 1. The first-order valence-electron chi connectivity index (χ1n) is 7.26. The van der Waals surface area contributed by atoms with E-state index in [4.69, 9.17) is 10.5 Å². The van der Waals surface area contributed by atoms with E-state index >= 15 is 0 Å². The second-order valence-electron chi connectivity index (χ2n) is 5.58. The minimum Gasteiger partial charge on any atom is -0.667 e. The number of ether oxygens (including phenoxy) is 1. The van der Waals surface area contributed by atoms with Crippen LogP contribution in [-0.4, -0.2) is 41.5 Å². The number of carbonyl (C=O) groups excluding carboxylic acids is 2. The lowest BCUT2D eigenvalue weighted by atomic mass is 9.84. The first-order valence-corrected chi connectivity index (χ1v) is 7.26. The van der Waals surface area contributed by atoms with E-state index in [9.17, 15) is 9.59 Å². The minimum absolute atomic E-state index is 0.142. The van der Waals surface area contributed by atoms with Gasteiger partial charge in [0.25, 0.3) is 0 Å². The molecule has 4 atom stereocenters. The highest BCUT2D eigenvalue weighted by atomic mass is 16.5. The molecule has 0 aromatic heterocycles. The molecule has 1 amide bonds. The molecule has 0 unspecified atom stereocenters. The summed E-state index contributed by atoms with van der Waals surface area (Å²) in [5.41, 5.74) is 7.64. The molecule has 1 aliphatic heterocycles. The summed E-state index contributed by atoms with van der Waals surface area (Å²) in [4.78, 5) is 26.0. The Morgan fingerprint density at radius 1 is 1.37 bits per heavy atom. The summed E-state index contributed by atoms with van der Waals surface area (Å²) in [6.07, 6.45) is 5.03. The Kier molecular flexibility index (Phi) is 4.45. The molecule has 5 nitrogen and oxygen atoms in total. The molecule has 1 saturated heterocycles. The lowest BCUT2D eigenvalue weighted by Gasteiger charge is -2.36. The maximum absolute atomic E-state index is 12.2. The Hall–Kier alpha value is -1.10. The van der Waals surface area contributed by atoms with Crippen molar-refractivity contribution in [1.29, 1.82) is 0 Å². The predicted molar refractivity (Wildman–Crippen MR) is 71.4 cm³/mol. The Bertz CT molecular complexity index is 357. The fourth-order valence-corrected chi connectivity index (χ4v) is 3.45. The van der Waals surface area contributed by atoms with E-state index in [1.807, 2.05) is 0 Å². The molecule has 1 heterocycles. The molecule has 0 bridgehead atoms. The van der Waals surface area contributed by atoms with E-state index in [0.717, 1.165) is 19.3 Å². The summed E-state index contributed by atoms with van der Waals surface area (Å²) in [6.45, 7) is 3.68. The highest BCUT2D eigenvalue weighted by molar-refractivity contribution is 5.89. The summed E-state index contributed by atoms with van der Waals surface area (Å²) in [5, 5.41) is 0. The van der Waals surface area contributed by atoms with Gasteiger partial charge in [-0.1, -0.05) is 25.8 Å².